The number of rotatable bonds is 5. The van der Waals surface area contributed by atoms with Crippen LogP contribution in [0.2, 0.25) is 0 Å². The second-order valence-electron chi connectivity index (χ2n) is 6.55. The highest BCUT2D eigenvalue weighted by Crippen LogP contribution is 2.24. The number of amides is 1. The number of para-hydroxylation sites is 2. The van der Waals surface area contributed by atoms with Crippen LogP contribution >= 0.6 is 11.3 Å². The molecule has 5 rings (SSSR count). The molecule has 0 bridgehead atoms. The molecular formula is C21H17N5OS. The summed E-state index contributed by atoms with van der Waals surface area (Å²) in [5.41, 5.74) is 4.55. The minimum atomic E-state index is -0.0385. The third kappa shape index (κ3) is 3.27. The van der Waals surface area contributed by atoms with Gasteiger partial charge in [0.25, 0.3) is 0 Å². The molecular weight excluding hydrogens is 370 g/mol. The second-order valence-corrected chi connectivity index (χ2v) is 7.42. The topological polar surface area (TPSA) is 75.1 Å². The SMILES string of the molecule is O=C(CCc1nc2ccccc2[nH]1)Nc1cccc(-c2cn3ccsc3n2)c1. The van der Waals surface area contributed by atoms with E-state index in [2.05, 4.69) is 20.3 Å². The third-order valence-electron chi connectivity index (χ3n) is 4.56. The fourth-order valence-corrected chi connectivity index (χ4v) is 3.90. The van der Waals surface area contributed by atoms with Gasteiger partial charge >= 0.3 is 0 Å². The average Bonchev–Trinajstić information content (AvgIpc) is 3.40. The van der Waals surface area contributed by atoms with Crippen LogP contribution in [0.4, 0.5) is 5.69 Å². The molecule has 0 radical (unpaired) electrons. The van der Waals surface area contributed by atoms with Crippen LogP contribution in [-0.2, 0) is 11.2 Å². The van der Waals surface area contributed by atoms with E-state index in [9.17, 15) is 4.79 Å². The molecule has 5 aromatic rings. The number of fused-ring (bicyclic) bond motifs is 2. The van der Waals surface area contributed by atoms with Crippen molar-refractivity contribution in [2.24, 2.45) is 0 Å². The van der Waals surface area contributed by atoms with E-state index >= 15 is 0 Å². The number of aryl methyl sites for hydroxylation is 1. The lowest BCUT2D eigenvalue weighted by Crippen LogP contribution is -2.12. The molecule has 1 amide bonds. The predicted octanol–water partition coefficient (Wildman–Crippen LogP) is 4.51. The second kappa shape index (κ2) is 6.94. The summed E-state index contributed by atoms with van der Waals surface area (Å²) in [5, 5.41) is 4.98. The Labute approximate surface area is 164 Å². The van der Waals surface area contributed by atoms with Crippen LogP contribution in [0.25, 0.3) is 27.3 Å². The van der Waals surface area contributed by atoms with Crippen molar-refractivity contribution in [3.8, 4) is 11.3 Å². The monoisotopic (exact) mass is 387 g/mol. The number of imidazole rings is 2. The number of thiazole rings is 1. The number of anilines is 1. The van der Waals surface area contributed by atoms with Gasteiger partial charge in [-0.2, -0.15) is 0 Å². The molecule has 0 aliphatic heterocycles. The zero-order chi connectivity index (χ0) is 18.9. The lowest BCUT2D eigenvalue weighted by Gasteiger charge is -2.06. The lowest BCUT2D eigenvalue weighted by molar-refractivity contribution is -0.116. The van der Waals surface area contributed by atoms with Gasteiger partial charge in [-0.3, -0.25) is 9.20 Å². The Morgan fingerprint density at radius 1 is 1.14 bits per heavy atom. The van der Waals surface area contributed by atoms with Gasteiger partial charge in [0.2, 0.25) is 5.91 Å². The number of H-pyrrole nitrogens is 1. The van der Waals surface area contributed by atoms with Gasteiger partial charge in [0.1, 0.15) is 5.82 Å². The van der Waals surface area contributed by atoms with Gasteiger partial charge in [-0.15, -0.1) is 11.3 Å². The highest BCUT2D eigenvalue weighted by atomic mass is 32.1. The van der Waals surface area contributed by atoms with E-state index in [4.69, 9.17) is 0 Å². The van der Waals surface area contributed by atoms with E-state index in [-0.39, 0.29) is 5.91 Å². The van der Waals surface area contributed by atoms with Gasteiger partial charge < -0.3 is 10.3 Å². The molecule has 3 aromatic heterocycles. The number of nitrogens with zero attached hydrogens (tertiary/aromatic N) is 3. The van der Waals surface area contributed by atoms with Crippen LogP contribution in [0, 0.1) is 0 Å². The minimum absolute atomic E-state index is 0.0385. The Balaban J connectivity index is 1.26. The summed E-state index contributed by atoms with van der Waals surface area (Å²) in [4.78, 5) is 25.7. The molecule has 28 heavy (non-hydrogen) atoms. The number of hydrogen-bond donors (Lipinski definition) is 2. The van der Waals surface area contributed by atoms with E-state index in [0.29, 0.717) is 12.8 Å². The number of benzene rings is 2. The number of aromatic nitrogens is 4. The Bertz CT molecular complexity index is 1220. The summed E-state index contributed by atoms with van der Waals surface area (Å²) in [6.07, 6.45) is 4.91. The predicted molar refractivity (Wildman–Crippen MR) is 112 cm³/mol. The van der Waals surface area contributed by atoms with Gasteiger partial charge in [-0.1, -0.05) is 24.3 Å². The lowest BCUT2D eigenvalue weighted by atomic mass is 10.1. The quantitative estimate of drug-likeness (QED) is 0.466. The smallest absolute Gasteiger partial charge is 0.224 e. The van der Waals surface area contributed by atoms with Crippen molar-refractivity contribution in [3.63, 3.8) is 0 Å². The number of nitrogens with one attached hydrogen (secondary N) is 2. The summed E-state index contributed by atoms with van der Waals surface area (Å²) in [6, 6.07) is 15.6. The van der Waals surface area contributed by atoms with Crippen molar-refractivity contribution in [1.29, 1.82) is 0 Å². The summed E-state index contributed by atoms with van der Waals surface area (Å²) in [5.74, 6) is 0.784. The molecule has 0 saturated carbocycles. The number of carbonyl (C=O) groups is 1. The maximum atomic E-state index is 12.4. The fourth-order valence-electron chi connectivity index (χ4n) is 3.20. The zero-order valence-corrected chi connectivity index (χ0v) is 15.7. The van der Waals surface area contributed by atoms with Crippen molar-refractivity contribution in [2.75, 3.05) is 5.32 Å². The van der Waals surface area contributed by atoms with Crippen molar-refractivity contribution < 1.29 is 4.79 Å². The van der Waals surface area contributed by atoms with E-state index < -0.39 is 0 Å². The molecule has 0 saturated heterocycles. The minimum Gasteiger partial charge on any atom is -0.342 e. The first-order valence-corrected chi connectivity index (χ1v) is 9.89. The van der Waals surface area contributed by atoms with Crippen LogP contribution in [0.5, 0.6) is 0 Å². The summed E-state index contributed by atoms with van der Waals surface area (Å²) >= 11 is 1.60. The molecule has 0 spiro atoms. The normalized spacial score (nSPS) is 11.3. The number of aromatic amines is 1. The van der Waals surface area contributed by atoms with E-state index in [1.54, 1.807) is 11.3 Å². The summed E-state index contributed by atoms with van der Waals surface area (Å²) < 4.78 is 2.00. The Morgan fingerprint density at radius 3 is 2.96 bits per heavy atom. The van der Waals surface area contributed by atoms with Crippen LogP contribution in [0.15, 0.2) is 66.3 Å². The van der Waals surface area contributed by atoms with Gasteiger partial charge in [-0.25, -0.2) is 9.97 Å². The molecule has 2 N–H and O–H groups in total. The third-order valence-corrected chi connectivity index (χ3v) is 5.33. The van der Waals surface area contributed by atoms with Crippen molar-refractivity contribution >= 4 is 38.9 Å². The largest absolute Gasteiger partial charge is 0.342 e. The first-order valence-electron chi connectivity index (χ1n) is 9.01. The maximum absolute atomic E-state index is 12.4. The highest BCUT2D eigenvalue weighted by Gasteiger charge is 2.09. The number of hydrogen-bond acceptors (Lipinski definition) is 4. The first kappa shape index (κ1) is 16.7. The van der Waals surface area contributed by atoms with E-state index in [1.807, 2.05) is 70.7 Å². The van der Waals surface area contributed by atoms with Crippen molar-refractivity contribution in [2.45, 2.75) is 12.8 Å². The van der Waals surface area contributed by atoms with Crippen molar-refractivity contribution in [1.82, 2.24) is 19.4 Å². The molecule has 0 atom stereocenters. The average molecular weight is 387 g/mol. The van der Waals surface area contributed by atoms with Crippen LogP contribution < -0.4 is 5.32 Å². The summed E-state index contributed by atoms with van der Waals surface area (Å²) in [7, 11) is 0. The Kier molecular flexibility index (Phi) is 4.14. The van der Waals surface area contributed by atoms with Gasteiger partial charge in [0.05, 0.1) is 16.7 Å². The molecule has 0 aliphatic carbocycles. The van der Waals surface area contributed by atoms with Crippen LogP contribution in [0.3, 0.4) is 0 Å². The maximum Gasteiger partial charge on any atom is 0.224 e. The molecule has 0 fully saturated rings. The van der Waals surface area contributed by atoms with Crippen LogP contribution in [-0.4, -0.2) is 25.3 Å². The Morgan fingerprint density at radius 2 is 2.07 bits per heavy atom. The van der Waals surface area contributed by atoms with E-state index in [1.165, 1.54) is 0 Å². The fraction of sp³-hybridized carbons (Fsp3) is 0.0952. The molecule has 138 valence electrons. The molecule has 2 aromatic carbocycles. The molecule has 6 nitrogen and oxygen atoms in total. The summed E-state index contributed by atoms with van der Waals surface area (Å²) in [6.45, 7) is 0. The Hall–Kier alpha value is -3.45. The molecule has 3 heterocycles. The number of carbonyl (C=O) groups excluding carboxylic acids is 1. The standard InChI is InChI=1S/C21H17N5OS/c27-20(9-8-19-23-16-6-1-2-7-17(16)24-19)22-15-5-3-4-14(12-15)18-13-26-10-11-28-21(26)25-18/h1-7,10-13H,8-9H2,(H,22,27)(H,23,24). The zero-order valence-electron chi connectivity index (χ0n) is 14.9. The molecule has 7 heteroatoms. The highest BCUT2D eigenvalue weighted by molar-refractivity contribution is 7.15. The van der Waals surface area contributed by atoms with E-state index in [0.717, 1.165) is 38.8 Å². The van der Waals surface area contributed by atoms with Gasteiger partial charge in [-0.05, 0) is 24.3 Å². The molecule has 0 aliphatic rings. The van der Waals surface area contributed by atoms with Gasteiger partial charge in [0.15, 0.2) is 4.96 Å². The molecule has 0 unspecified atom stereocenters. The van der Waals surface area contributed by atoms with Crippen molar-refractivity contribution in [3.05, 3.63) is 72.1 Å². The first-order chi connectivity index (χ1) is 13.7. The van der Waals surface area contributed by atoms with Crippen LogP contribution in [0.1, 0.15) is 12.2 Å². The van der Waals surface area contributed by atoms with Gasteiger partial charge in [0, 0.05) is 41.9 Å².